The van der Waals surface area contributed by atoms with E-state index in [0.717, 1.165) is 17.3 Å². The number of carbonyl (C=O) groups is 3. The summed E-state index contributed by atoms with van der Waals surface area (Å²) in [7, 11) is 0. The Morgan fingerprint density at radius 3 is 2.60 bits per heavy atom. The molecule has 0 saturated heterocycles. The van der Waals surface area contributed by atoms with E-state index in [1.807, 2.05) is 30.3 Å². The van der Waals surface area contributed by atoms with Crippen molar-refractivity contribution in [3.8, 4) is 11.6 Å². The standard InChI is InChI=1S/C19H20N6O4S/c20-15(26)8-9-25-17(14-7-4-10-29-14)23-24-19(25)30-12-16(27)22-18(28)21-11-13-5-2-1-3-6-13/h1-7,10H,8-9,11-12H2,(H2,20,26)(H2,21,22,27,28). The fourth-order valence-corrected chi connectivity index (χ4v) is 3.29. The molecule has 4 N–H and O–H groups in total. The van der Waals surface area contributed by atoms with E-state index in [2.05, 4.69) is 20.8 Å². The average molecular weight is 428 g/mol. The van der Waals surface area contributed by atoms with Crippen LogP contribution < -0.4 is 16.4 Å². The first kappa shape index (κ1) is 21.1. The van der Waals surface area contributed by atoms with Crippen molar-refractivity contribution in [2.45, 2.75) is 24.7 Å². The van der Waals surface area contributed by atoms with Crippen molar-refractivity contribution in [3.05, 3.63) is 54.3 Å². The fourth-order valence-electron chi connectivity index (χ4n) is 2.52. The predicted molar refractivity (Wildman–Crippen MR) is 109 cm³/mol. The van der Waals surface area contributed by atoms with Gasteiger partial charge in [-0.15, -0.1) is 10.2 Å². The number of aromatic nitrogens is 3. The van der Waals surface area contributed by atoms with Gasteiger partial charge in [0.05, 0.1) is 12.0 Å². The highest BCUT2D eigenvalue weighted by Gasteiger charge is 2.18. The third kappa shape index (κ3) is 5.95. The van der Waals surface area contributed by atoms with Gasteiger partial charge in [-0.25, -0.2) is 4.79 Å². The van der Waals surface area contributed by atoms with Gasteiger partial charge in [0.1, 0.15) is 0 Å². The van der Waals surface area contributed by atoms with Gasteiger partial charge in [0.25, 0.3) is 0 Å². The Labute approximate surface area is 176 Å². The van der Waals surface area contributed by atoms with E-state index in [1.165, 1.54) is 6.26 Å². The number of amides is 4. The summed E-state index contributed by atoms with van der Waals surface area (Å²) in [6.45, 7) is 0.543. The van der Waals surface area contributed by atoms with Crippen LogP contribution in [0.15, 0.2) is 58.3 Å². The van der Waals surface area contributed by atoms with Crippen LogP contribution in [-0.4, -0.2) is 38.4 Å². The molecule has 10 nitrogen and oxygen atoms in total. The fraction of sp³-hybridized carbons (Fsp3) is 0.211. The Kier molecular flexibility index (Phi) is 7.22. The molecule has 1 aromatic carbocycles. The van der Waals surface area contributed by atoms with Gasteiger partial charge < -0.3 is 15.5 Å². The van der Waals surface area contributed by atoms with Crippen molar-refractivity contribution in [1.29, 1.82) is 0 Å². The first-order valence-electron chi connectivity index (χ1n) is 9.02. The minimum Gasteiger partial charge on any atom is -0.461 e. The second-order valence-electron chi connectivity index (χ2n) is 6.16. The van der Waals surface area contributed by atoms with Crippen molar-refractivity contribution >= 4 is 29.6 Å². The molecule has 2 aromatic heterocycles. The van der Waals surface area contributed by atoms with Crippen LogP contribution in [0.4, 0.5) is 4.79 Å². The number of nitrogens with zero attached hydrogens (tertiary/aromatic N) is 3. The summed E-state index contributed by atoms with van der Waals surface area (Å²) >= 11 is 1.08. The maximum absolute atomic E-state index is 12.1. The molecule has 0 aliphatic heterocycles. The third-order valence-corrected chi connectivity index (χ3v) is 4.89. The summed E-state index contributed by atoms with van der Waals surface area (Å²) < 4.78 is 6.99. The number of thioether (sulfide) groups is 1. The second-order valence-corrected chi connectivity index (χ2v) is 7.10. The van der Waals surface area contributed by atoms with E-state index < -0.39 is 17.8 Å². The van der Waals surface area contributed by atoms with E-state index in [1.54, 1.807) is 16.7 Å². The number of rotatable bonds is 9. The van der Waals surface area contributed by atoms with Gasteiger partial charge in [-0.3, -0.25) is 19.5 Å². The third-order valence-electron chi connectivity index (χ3n) is 3.92. The van der Waals surface area contributed by atoms with Crippen molar-refractivity contribution < 1.29 is 18.8 Å². The van der Waals surface area contributed by atoms with Crippen LogP contribution in [0.2, 0.25) is 0 Å². The van der Waals surface area contributed by atoms with E-state index in [0.29, 0.717) is 23.3 Å². The van der Waals surface area contributed by atoms with Crippen LogP contribution >= 0.6 is 11.8 Å². The quantitative estimate of drug-likeness (QED) is 0.438. The molecule has 0 saturated carbocycles. The molecule has 0 unspecified atom stereocenters. The average Bonchev–Trinajstić information content (AvgIpc) is 3.39. The molecule has 0 spiro atoms. The van der Waals surface area contributed by atoms with Crippen LogP contribution in [0.1, 0.15) is 12.0 Å². The lowest BCUT2D eigenvalue weighted by atomic mass is 10.2. The maximum Gasteiger partial charge on any atom is 0.321 e. The summed E-state index contributed by atoms with van der Waals surface area (Å²) in [5.74, 6) is -0.133. The van der Waals surface area contributed by atoms with E-state index in [4.69, 9.17) is 10.2 Å². The summed E-state index contributed by atoms with van der Waals surface area (Å²) in [5, 5.41) is 13.4. The Morgan fingerprint density at radius 1 is 1.10 bits per heavy atom. The minimum atomic E-state index is -0.587. The molecule has 4 amide bonds. The van der Waals surface area contributed by atoms with Gasteiger partial charge in [0, 0.05) is 19.5 Å². The highest BCUT2D eigenvalue weighted by Crippen LogP contribution is 2.24. The largest absolute Gasteiger partial charge is 0.461 e. The molecule has 0 atom stereocenters. The number of imide groups is 1. The number of nitrogens with two attached hydrogens (primary N) is 1. The van der Waals surface area contributed by atoms with Gasteiger partial charge in [0.15, 0.2) is 16.7 Å². The van der Waals surface area contributed by atoms with Crippen LogP contribution in [0.25, 0.3) is 11.6 Å². The topological polar surface area (TPSA) is 145 Å². The zero-order valence-corrected chi connectivity index (χ0v) is 16.7. The van der Waals surface area contributed by atoms with Crippen LogP contribution in [-0.2, 0) is 22.7 Å². The molecule has 3 aromatic rings. The minimum absolute atomic E-state index is 0.0639. The number of urea groups is 1. The van der Waals surface area contributed by atoms with Crippen molar-refractivity contribution in [2.24, 2.45) is 5.73 Å². The molecule has 0 fully saturated rings. The first-order chi connectivity index (χ1) is 14.5. The molecule has 0 aliphatic carbocycles. The number of hydrogen-bond acceptors (Lipinski definition) is 7. The van der Waals surface area contributed by atoms with E-state index in [-0.39, 0.29) is 18.7 Å². The predicted octanol–water partition coefficient (Wildman–Crippen LogP) is 1.53. The summed E-state index contributed by atoms with van der Waals surface area (Å²) in [6.07, 6.45) is 1.57. The molecule has 2 heterocycles. The number of benzene rings is 1. The van der Waals surface area contributed by atoms with Crippen molar-refractivity contribution in [2.75, 3.05) is 5.75 Å². The number of carbonyl (C=O) groups excluding carboxylic acids is 3. The Balaban J connectivity index is 1.55. The highest BCUT2D eigenvalue weighted by molar-refractivity contribution is 7.99. The zero-order chi connectivity index (χ0) is 21.3. The molecular weight excluding hydrogens is 408 g/mol. The Bertz CT molecular complexity index is 1000. The first-order valence-corrected chi connectivity index (χ1v) is 10.0. The Morgan fingerprint density at radius 2 is 1.90 bits per heavy atom. The zero-order valence-electron chi connectivity index (χ0n) is 15.9. The number of nitrogens with one attached hydrogen (secondary N) is 2. The Hall–Kier alpha value is -3.60. The van der Waals surface area contributed by atoms with Gasteiger partial charge in [-0.1, -0.05) is 42.1 Å². The van der Waals surface area contributed by atoms with Gasteiger partial charge >= 0.3 is 6.03 Å². The summed E-state index contributed by atoms with van der Waals surface area (Å²) in [4.78, 5) is 35.2. The molecule has 3 rings (SSSR count). The lowest BCUT2D eigenvalue weighted by molar-refractivity contribution is -0.118. The lowest BCUT2D eigenvalue weighted by Crippen LogP contribution is -2.40. The van der Waals surface area contributed by atoms with Gasteiger partial charge in [-0.2, -0.15) is 0 Å². The van der Waals surface area contributed by atoms with Gasteiger partial charge in [-0.05, 0) is 17.7 Å². The van der Waals surface area contributed by atoms with Gasteiger partial charge in [0.2, 0.25) is 11.8 Å². The van der Waals surface area contributed by atoms with Crippen LogP contribution in [0.5, 0.6) is 0 Å². The highest BCUT2D eigenvalue weighted by atomic mass is 32.2. The summed E-state index contributed by atoms with van der Waals surface area (Å²) in [6, 6.07) is 12.2. The van der Waals surface area contributed by atoms with Crippen LogP contribution in [0.3, 0.4) is 0 Å². The van der Waals surface area contributed by atoms with Crippen molar-refractivity contribution in [3.63, 3.8) is 0 Å². The smallest absolute Gasteiger partial charge is 0.321 e. The number of primary amides is 1. The number of furan rings is 1. The second kappa shape index (κ2) is 10.3. The normalized spacial score (nSPS) is 10.5. The number of hydrogen-bond donors (Lipinski definition) is 3. The molecule has 156 valence electrons. The molecule has 0 aliphatic rings. The maximum atomic E-state index is 12.1. The van der Waals surface area contributed by atoms with E-state index in [9.17, 15) is 14.4 Å². The SMILES string of the molecule is NC(=O)CCn1c(SCC(=O)NC(=O)NCc2ccccc2)nnc1-c1ccco1. The molecule has 0 radical (unpaired) electrons. The van der Waals surface area contributed by atoms with Crippen molar-refractivity contribution in [1.82, 2.24) is 25.4 Å². The summed E-state index contributed by atoms with van der Waals surface area (Å²) in [5.41, 5.74) is 6.16. The van der Waals surface area contributed by atoms with E-state index >= 15 is 0 Å². The molecular formula is C19H20N6O4S. The van der Waals surface area contributed by atoms with Crippen LogP contribution in [0, 0.1) is 0 Å². The molecule has 0 bridgehead atoms. The monoisotopic (exact) mass is 428 g/mol. The molecule has 11 heteroatoms. The lowest BCUT2D eigenvalue weighted by Gasteiger charge is -2.08. The molecule has 30 heavy (non-hydrogen) atoms.